The molecule has 1 aromatic carbocycles. The fourth-order valence-corrected chi connectivity index (χ4v) is 3.87. The molecule has 5 nitrogen and oxygen atoms in total. The van der Waals surface area contributed by atoms with Crippen LogP contribution in [0.3, 0.4) is 0 Å². The number of carbonyl (C=O) groups is 2. The van der Waals surface area contributed by atoms with Crippen LogP contribution in [0.1, 0.15) is 40.0 Å². The van der Waals surface area contributed by atoms with E-state index in [0.717, 1.165) is 19.3 Å². The minimum atomic E-state index is -0.602. The normalized spacial score (nSPS) is 25.2. The lowest BCUT2D eigenvalue weighted by atomic mass is 9.97. The number of ether oxygens (including phenoxy) is 1. The molecule has 2 fully saturated rings. The van der Waals surface area contributed by atoms with Crippen LogP contribution in [0, 0.1) is 11.7 Å². The Morgan fingerprint density at radius 1 is 1.20 bits per heavy atom. The van der Waals surface area contributed by atoms with Gasteiger partial charge in [0.05, 0.1) is 0 Å². The summed E-state index contributed by atoms with van der Waals surface area (Å²) in [5, 5.41) is 0. The lowest BCUT2D eigenvalue weighted by molar-refractivity contribution is -0.125. The molecule has 1 saturated heterocycles. The van der Waals surface area contributed by atoms with Gasteiger partial charge in [-0.15, -0.1) is 0 Å². The van der Waals surface area contributed by atoms with Gasteiger partial charge in [0.15, 0.2) is 0 Å². The number of fused-ring (bicyclic) bond motifs is 2. The molecule has 136 valence electrons. The summed E-state index contributed by atoms with van der Waals surface area (Å²) in [5.74, 6) is -0.336. The number of nitrogens with zero attached hydrogens (tertiary/aromatic N) is 2. The lowest BCUT2D eigenvalue weighted by Gasteiger charge is -2.37. The number of piperidine rings is 1. The predicted octanol–water partition coefficient (Wildman–Crippen LogP) is 3.58. The molecule has 25 heavy (non-hydrogen) atoms. The van der Waals surface area contributed by atoms with Crippen molar-refractivity contribution in [2.45, 2.75) is 57.7 Å². The highest BCUT2D eigenvalue weighted by Gasteiger charge is 2.53. The van der Waals surface area contributed by atoms with Crippen LogP contribution in [-0.2, 0) is 9.53 Å². The molecule has 2 bridgehead atoms. The Morgan fingerprint density at radius 2 is 1.84 bits per heavy atom. The Hall–Kier alpha value is -2.11. The zero-order valence-electron chi connectivity index (χ0n) is 15.2. The number of anilines is 1. The van der Waals surface area contributed by atoms with Crippen LogP contribution in [0.25, 0.3) is 0 Å². The molecule has 1 aromatic rings. The zero-order chi connectivity index (χ0) is 18.4. The van der Waals surface area contributed by atoms with Gasteiger partial charge in [0.2, 0.25) is 5.91 Å². The van der Waals surface area contributed by atoms with E-state index < -0.39 is 17.7 Å². The SMILES string of the molecule is CN(C(=O)[C@@H]1[C@H]2CC[C@H](C2)N1C(=O)OC(C)(C)C)c1ccc(F)cc1. The largest absolute Gasteiger partial charge is 0.444 e. The third-order valence-electron chi connectivity index (χ3n) is 4.99. The number of carbonyl (C=O) groups excluding carboxylic acids is 2. The number of amides is 2. The van der Waals surface area contributed by atoms with E-state index in [9.17, 15) is 14.0 Å². The zero-order valence-corrected chi connectivity index (χ0v) is 15.2. The van der Waals surface area contributed by atoms with Crippen molar-refractivity contribution in [2.75, 3.05) is 11.9 Å². The van der Waals surface area contributed by atoms with E-state index in [4.69, 9.17) is 4.74 Å². The van der Waals surface area contributed by atoms with Crippen molar-refractivity contribution in [1.29, 1.82) is 0 Å². The first-order valence-corrected chi connectivity index (χ1v) is 8.72. The van der Waals surface area contributed by atoms with Crippen LogP contribution in [0.2, 0.25) is 0 Å². The van der Waals surface area contributed by atoms with Crippen LogP contribution < -0.4 is 4.90 Å². The molecule has 1 aliphatic heterocycles. The average molecular weight is 348 g/mol. The van der Waals surface area contributed by atoms with Crippen molar-refractivity contribution in [3.8, 4) is 0 Å². The van der Waals surface area contributed by atoms with Crippen LogP contribution in [0.15, 0.2) is 24.3 Å². The van der Waals surface area contributed by atoms with Gasteiger partial charge in [-0.2, -0.15) is 0 Å². The molecular weight excluding hydrogens is 323 g/mol. The lowest BCUT2D eigenvalue weighted by Crippen LogP contribution is -2.54. The molecule has 6 heteroatoms. The van der Waals surface area contributed by atoms with Crippen molar-refractivity contribution in [3.05, 3.63) is 30.1 Å². The van der Waals surface area contributed by atoms with Gasteiger partial charge in [0.1, 0.15) is 17.5 Å². The molecule has 2 aliphatic rings. The molecule has 3 rings (SSSR count). The summed E-state index contributed by atoms with van der Waals surface area (Å²) < 4.78 is 18.6. The first-order chi connectivity index (χ1) is 11.7. The molecule has 0 N–H and O–H groups in total. The standard InChI is InChI=1S/C19H25FN2O3/c1-19(2,3)25-18(24)22-15-8-5-12(11-15)16(22)17(23)21(4)14-9-6-13(20)7-10-14/h6-7,9-10,12,15-16H,5,8,11H2,1-4H3/t12-,15+,16-/m0/s1. The van der Waals surface area contributed by atoms with E-state index in [0.29, 0.717) is 5.69 Å². The van der Waals surface area contributed by atoms with Gasteiger partial charge in [-0.1, -0.05) is 0 Å². The summed E-state index contributed by atoms with van der Waals surface area (Å²) >= 11 is 0. The van der Waals surface area contributed by atoms with E-state index in [1.165, 1.54) is 17.0 Å². The van der Waals surface area contributed by atoms with Crippen molar-refractivity contribution in [2.24, 2.45) is 5.92 Å². The maximum Gasteiger partial charge on any atom is 0.411 e. The van der Waals surface area contributed by atoms with Crippen LogP contribution in [-0.4, -0.2) is 41.6 Å². The fraction of sp³-hybridized carbons (Fsp3) is 0.579. The number of likely N-dealkylation sites (tertiary alicyclic amines) is 1. The Balaban J connectivity index is 1.82. The second-order valence-corrected chi connectivity index (χ2v) is 7.93. The third kappa shape index (κ3) is 3.48. The van der Waals surface area contributed by atoms with Gasteiger partial charge < -0.3 is 9.64 Å². The average Bonchev–Trinajstić information content (AvgIpc) is 3.13. The van der Waals surface area contributed by atoms with E-state index in [1.807, 2.05) is 20.8 Å². The molecule has 1 heterocycles. The maximum atomic E-state index is 13.1. The van der Waals surface area contributed by atoms with E-state index >= 15 is 0 Å². The molecule has 0 unspecified atom stereocenters. The minimum Gasteiger partial charge on any atom is -0.444 e. The molecule has 3 atom stereocenters. The Kier molecular flexibility index (Phi) is 4.47. The second-order valence-electron chi connectivity index (χ2n) is 7.93. The minimum absolute atomic E-state index is 0.0652. The topological polar surface area (TPSA) is 49.9 Å². The fourth-order valence-electron chi connectivity index (χ4n) is 3.87. The van der Waals surface area contributed by atoms with Crippen molar-refractivity contribution < 1.29 is 18.7 Å². The quantitative estimate of drug-likeness (QED) is 0.821. The highest BCUT2D eigenvalue weighted by Crippen LogP contribution is 2.44. The van der Waals surface area contributed by atoms with E-state index in [-0.39, 0.29) is 23.7 Å². The number of hydrogen-bond acceptors (Lipinski definition) is 3. The molecule has 0 radical (unpaired) electrons. The number of benzene rings is 1. The Labute approximate surface area is 147 Å². The molecule has 2 amide bonds. The Bertz CT molecular complexity index is 668. The molecule has 0 aromatic heterocycles. The molecular formula is C19H25FN2O3. The molecule has 1 saturated carbocycles. The van der Waals surface area contributed by atoms with Crippen LogP contribution in [0.5, 0.6) is 0 Å². The first-order valence-electron chi connectivity index (χ1n) is 8.72. The van der Waals surface area contributed by atoms with Gasteiger partial charge >= 0.3 is 6.09 Å². The van der Waals surface area contributed by atoms with Gasteiger partial charge in [0.25, 0.3) is 0 Å². The summed E-state index contributed by atoms with van der Waals surface area (Å²) in [6.07, 6.45) is 2.27. The number of likely N-dealkylation sites (N-methyl/N-ethyl adjacent to an activating group) is 1. The Morgan fingerprint density at radius 3 is 2.44 bits per heavy atom. The summed E-state index contributed by atoms with van der Waals surface area (Å²) in [6, 6.07) is 5.34. The van der Waals surface area contributed by atoms with Gasteiger partial charge in [-0.05, 0) is 70.2 Å². The van der Waals surface area contributed by atoms with Crippen molar-refractivity contribution >= 4 is 17.7 Å². The molecule has 0 spiro atoms. The highest BCUT2D eigenvalue weighted by atomic mass is 19.1. The van der Waals surface area contributed by atoms with E-state index in [1.54, 1.807) is 24.1 Å². The monoisotopic (exact) mass is 348 g/mol. The van der Waals surface area contributed by atoms with Crippen LogP contribution in [0.4, 0.5) is 14.9 Å². The third-order valence-corrected chi connectivity index (χ3v) is 4.99. The number of halogens is 1. The maximum absolute atomic E-state index is 13.1. The van der Waals surface area contributed by atoms with Gasteiger partial charge in [-0.3, -0.25) is 9.69 Å². The van der Waals surface area contributed by atoms with Gasteiger partial charge in [0, 0.05) is 18.8 Å². The molecule has 1 aliphatic carbocycles. The van der Waals surface area contributed by atoms with Crippen molar-refractivity contribution in [1.82, 2.24) is 4.90 Å². The summed E-state index contributed by atoms with van der Waals surface area (Å²) in [4.78, 5) is 28.9. The summed E-state index contributed by atoms with van der Waals surface area (Å²) in [5.41, 5.74) is 0.00774. The summed E-state index contributed by atoms with van der Waals surface area (Å²) in [7, 11) is 1.66. The van der Waals surface area contributed by atoms with E-state index in [2.05, 4.69) is 0 Å². The smallest absolute Gasteiger partial charge is 0.411 e. The highest BCUT2D eigenvalue weighted by molar-refractivity contribution is 5.99. The van der Waals surface area contributed by atoms with Crippen LogP contribution >= 0.6 is 0 Å². The number of hydrogen-bond donors (Lipinski definition) is 0. The second kappa shape index (κ2) is 6.32. The van der Waals surface area contributed by atoms with Crippen molar-refractivity contribution in [3.63, 3.8) is 0 Å². The first kappa shape index (κ1) is 17.7. The van der Waals surface area contributed by atoms with Gasteiger partial charge in [-0.25, -0.2) is 9.18 Å². The number of rotatable bonds is 2. The predicted molar refractivity (Wildman–Crippen MR) is 92.8 cm³/mol. The summed E-state index contributed by atoms with van der Waals surface area (Å²) in [6.45, 7) is 5.46.